The van der Waals surface area contributed by atoms with Crippen molar-refractivity contribution in [3.05, 3.63) is 53.6 Å². The Kier molecular flexibility index (Phi) is 10.2. The van der Waals surface area contributed by atoms with Crippen molar-refractivity contribution in [3.8, 4) is 17.2 Å². The minimum Gasteiger partial charge on any atom is -0.494 e. The molecule has 0 fully saturated rings. The van der Waals surface area contributed by atoms with Crippen LogP contribution in [0.1, 0.15) is 51.2 Å². The van der Waals surface area contributed by atoms with Crippen molar-refractivity contribution in [2.75, 3.05) is 34.0 Å². The molecule has 0 spiro atoms. The summed E-state index contributed by atoms with van der Waals surface area (Å²) in [5.74, 6) is 1.22. The number of rotatable bonds is 13. The highest BCUT2D eigenvalue weighted by Gasteiger charge is 2.44. The summed E-state index contributed by atoms with van der Waals surface area (Å²) in [6.45, 7) is 5.97. The van der Waals surface area contributed by atoms with E-state index in [9.17, 15) is 9.59 Å². The van der Waals surface area contributed by atoms with Gasteiger partial charge in [-0.2, -0.15) is 0 Å². The molecule has 1 heterocycles. The predicted molar refractivity (Wildman–Crippen MR) is 145 cm³/mol. The maximum absolute atomic E-state index is 13.6. The number of methoxy groups -OCH3 is 2. The predicted octanol–water partition coefficient (Wildman–Crippen LogP) is 3.42. The molecule has 2 N–H and O–H groups in total. The summed E-state index contributed by atoms with van der Waals surface area (Å²) in [6.07, 6.45) is 0.633. The molecular weight excluding hydrogens is 504 g/mol. The quantitative estimate of drug-likeness (QED) is 0.291. The number of aliphatic hydroxyl groups is 1. The molecule has 0 bridgehead atoms. The monoisotopic (exact) mass is 542 g/mol. The highest BCUT2D eigenvalue weighted by molar-refractivity contribution is 6.00. The van der Waals surface area contributed by atoms with E-state index in [-0.39, 0.29) is 38.5 Å². The number of hydrogen-bond acceptors (Lipinski definition) is 9. The number of benzene rings is 2. The fourth-order valence-corrected chi connectivity index (χ4v) is 4.04. The van der Waals surface area contributed by atoms with Crippen molar-refractivity contribution in [2.24, 2.45) is 4.99 Å². The number of carbonyl (C=O) groups is 2. The Morgan fingerprint density at radius 3 is 2.49 bits per heavy atom. The topological polar surface area (TPSA) is 125 Å². The number of esters is 1. The van der Waals surface area contributed by atoms with Crippen molar-refractivity contribution in [1.82, 2.24) is 5.32 Å². The zero-order valence-electron chi connectivity index (χ0n) is 23.2. The van der Waals surface area contributed by atoms with Crippen LogP contribution in [0.3, 0.4) is 0 Å². The molecule has 0 saturated heterocycles. The summed E-state index contributed by atoms with van der Waals surface area (Å²) in [6, 6.07) is 12.5. The Labute approximate surface area is 229 Å². The Morgan fingerprint density at radius 2 is 1.85 bits per heavy atom. The van der Waals surface area contributed by atoms with E-state index >= 15 is 0 Å². The molecule has 0 radical (unpaired) electrons. The van der Waals surface area contributed by atoms with Gasteiger partial charge in [-0.3, -0.25) is 9.59 Å². The number of aliphatic imine (C=N–C) groups is 1. The number of carbonyl (C=O) groups excluding carboxylic acids is 2. The number of para-hydroxylation sites is 1. The van der Waals surface area contributed by atoms with Crippen molar-refractivity contribution in [3.63, 3.8) is 0 Å². The van der Waals surface area contributed by atoms with Crippen LogP contribution in [0.25, 0.3) is 0 Å². The van der Waals surface area contributed by atoms with Gasteiger partial charge in [0, 0.05) is 37.1 Å². The first kappa shape index (κ1) is 29.8. The van der Waals surface area contributed by atoms with E-state index in [1.807, 2.05) is 12.1 Å². The van der Waals surface area contributed by atoms with E-state index in [2.05, 4.69) is 5.32 Å². The van der Waals surface area contributed by atoms with Crippen molar-refractivity contribution < 1.29 is 38.4 Å². The molecule has 2 aromatic carbocycles. The Morgan fingerprint density at radius 1 is 1.10 bits per heavy atom. The fraction of sp³-hybridized carbons (Fsp3) is 0.483. The summed E-state index contributed by atoms with van der Waals surface area (Å²) in [5.41, 5.74) is -0.565. The van der Waals surface area contributed by atoms with Crippen LogP contribution in [0.5, 0.6) is 17.2 Å². The summed E-state index contributed by atoms with van der Waals surface area (Å²) in [5, 5.41) is 11.9. The van der Waals surface area contributed by atoms with Gasteiger partial charge in [0.25, 0.3) is 5.91 Å². The van der Waals surface area contributed by atoms with E-state index in [1.54, 1.807) is 58.2 Å². The second-order valence-electron chi connectivity index (χ2n) is 10.1. The lowest BCUT2D eigenvalue weighted by Crippen LogP contribution is -2.47. The third-order valence-corrected chi connectivity index (χ3v) is 5.94. The van der Waals surface area contributed by atoms with E-state index in [4.69, 9.17) is 33.8 Å². The SMILES string of the molecule is COc1cccc(CNC(=O)[C@@]2(CCC(=O)OC(C)(C)C)COC(c3ccc(OCCCO)cc3)=N2)c1OC. The highest BCUT2D eigenvalue weighted by atomic mass is 16.6. The van der Waals surface area contributed by atoms with Crippen molar-refractivity contribution in [1.29, 1.82) is 0 Å². The summed E-state index contributed by atoms with van der Waals surface area (Å²) >= 11 is 0. The van der Waals surface area contributed by atoms with Gasteiger partial charge in [-0.25, -0.2) is 4.99 Å². The summed E-state index contributed by atoms with van der Waals surface area (Å²) < 4.78 is 27.8. The lowest BCUT2D eigenvalue weighted by atomic mass is 9.94. The smallest absolute Gasteiger partial charge is 0.306 e. The molecule has 1 aliphatic heterocycles. The Balaban J connectivity index is 1.81. The van der Waals surface area contributed by atoms with Crippen LogP contribution < -0.4 is 19.5 Å². The van der Waals surface area contributed by atoms with Crippen LogP contribution in [0.15, 0.2) is 47.5 Å². The van der Waals surface area contributed by atoms with Crippen LogP contribution in [0, 0.1) is 0 Å². The van der Waals surface area contributed by atoms with E-state index in [0.29, 0.717) is 41.7 Å². The van der Waals surface area contributed by atoms with E-state index < -0.39 is 17.1 Å². The second kappa shape index (κ2) is 13.3. The third-order valence-electron chi connectivity index (χ3n) is 5.94. The van der Waals surface area contributed by atoms with Gasteiger partial charge < -0.3 is 34.1 Å². The van der Waals surface area contributed by atoms with Gasteiger partial charge in [0.05, 0.1) is 20.8 Å². The molecule has 1 aliphatic rings. The summed E-state index contributed by atoms with van der Waals surface area (Å²) in [7, 11) is 3.08. The molecule has 39 heavy (non-hydrogen) atoms. The summed E-state index contributed by atoms with van der Waals surface area (Å²) in [4.78, 5) is 30.8. The maximum Gasteiger partial charge on any atom is 0.306 e. The Hall–Kier alpha value is -3.79. The number of hydrogen-bond donors (Lipinski definition) is 2. The van der Waals surface area contributed by atoms with Gasteiger partial charge in [-0.05, 0) is 57.5 Å². The van der Waals surface area contributed by atoms with Gasteiger partial charge >= 0.3 is 5.97 Å². The van der Waals surface area contributed by atoms with Crippen LogP contribution in [0.4, 0.5) is 0 Å². The van der Waals surface area contributed by atoms with Gasteiger partial charge in [0.2, 0.25) is 5.90 Å². The average molecular weight is 543 g/mol. The highest BCUT2D eigenvalue weighted by Crippen LogP contribution is 2.32. The minimum atomic E-state index is -1.32. The molecule has 10 nitrogen and oxygen atoms in total. The first-order valence-electron chi connectivity index (χ1n) is 12.9. The lowest BCUT2D eigenvalue weighted by molar-refractivity contribution is -0.155. The number of nitrogens with one attached hydrogen (secondary N) is 1. The number of nitrogens with zero attached hydrogens (tertiary/aromatic N) is 1. The first-order valence-corrected chi connectivity index (χ1v) is 12.9. The van der Waals surface area contributed by atoms with Gasteiger partial charge in [0.15, 0.2) is 17.0 Å². The van der Waals surface area contributed by atoms with Crippen molar-refractivity contribution >= 4 is 17.8 Å². The van der Waals surface area contributed by atoms with E-state index in [0.717, 1.165) is 5.56 Å². The van der Waals surface area contributed by atoms with Crippen LogP contribution in [-0.4, -0.2) is 68.1 Å². The minimum absolute atomic E-state index is 0.00898. The van der Waals surface area contributed by atoms with Crippen LogP contribution >= 0.6 is 0 Å². The number of aliphatic hydroxyl groups excluding tert-OH is 1. The largest absolute Gasteiger partial charge is 0.494 e. The molecule has 212 valence electrons. The first-order chi connectivity index (χ1) is 18.6. The molecular formula is C29H38N2O8. The van der Waals surface area contributed by atoms with Gasteiger partial charge in [0.1, 0.15) is 18.0 Å². The number of ether oxygens (including phenoxy) is 5. The fourth-order valence-electron chi connectivity index (χ4n) is 4.04. The zero-order chi connectivity index (χ0) is 28.5. The maximum atomic E-state index is 13.6. The molecule has 0 saturated carbocycles. The third kappa shape index (κ3) is 8.10. The van der Waals surface area contributed by atoms with Gasteiger partial charge in [-0.1, -0.05) is 12.1 Å². The number of amides is 1. The average Bonchev–Trinajstić information content (AvgIpc) is 3.35. The van der Waals surface area contributed by atoms with Crippen LogP contribution in [0.2, 0.25) is 0 Å². The van der Waals surface area contributed by atoms with Gasteiger partial charge in [-0.15, -0.1) is 0 Å². The lowest BCUT2D eigenvalue weighted by Gasteiger charge is -2.24. The molecule has 3 rings (SSSR count). The van der Waals surface area contributed by atoms with Crippen LogP contribution in [-0.2, 0) is 25.6 Å². The molecule has 0 aromatic heterocycles. The molecule has 0 aliphatic carbocycles. The molecule has 0 unspecified atom stereocenters. The molecule has 1 atom stereocenters. The molecule has 10 heteroatoms. The van der Waals surface area contributed by atoms with Crippen molar-refractivity contribution in [2.45, 2.75) is 57.7 Å². The molecule has 1 amide bonds. The molecule has 2 aromatic rings. The Bertz CT molecular complexity index is 1160. The van der Waals surface area contributed by atoms with E-state index in [1.165, 1.54) is 7.11 Å². The second-order valence-corrected chi connectivity index (χ2v) is 10.1. The zero-order valence-corrected chi connectivity index (χ0v) is 23.2. The standard InChI is InChI=1S/C29H38N2O8/c1-28(2,3)39-24(33)14-15-29(27(34)30-18-21-8-6-9-23(35-4)25(21)36-5)19-38-26(31-29)20-10-12-22(13-11-20)37-17-7-16-32/h6,8-13,32H,7,14-19H2,1-5H3,(H,30,34)/t29-/m1/s1. The normalized spacial score (nSPS) is 16.6.